The van der Waals surface area contributed by atoms with Crippen LogP contribution >= 0.6 is 11.8 Å². The van der Waals surface area contributed by atoms with Crippen LogP contribution in [-0.4, -0.2) is 76.8 Å². The molecule has 2 heterocycles. The summed E-state index contributed by atoms with van der Waals surface area (Å²) in [5, 5.41) is -0.476. The highest BCUT2D eigenvalue weighted by Gasteiger charge is 2.57. The van der Waals surface area contributed by atoms with Gasteiger partial charge < -0.3 is 14.2 Å². The van der Waals surface area contributed by atoms with E-state index < -0.39 is 41.0 Å². The molecule has 9 nitrogen and oxygen atoms in total. The summed E-state index contributed by atoms with van der Waals surface area (Å²) in [4.78, 5) is 51.7. The standard InChI is InChI=1S/C20H26N2O7S/c1-7-8-9-27-18(25)14-13(10-28-12(2)23)11-30-17-15(16(24)22(14)17)21(6)19(26)29-20(3,4)5/h15,17H,9-11H2,1-6H3/t15-,17-/m1/s1. The average molecular weight is 439 g/mol. The first-order chi connectivity index (χ1) is 14.0. The Kier molecular flexibility index (Phi) is 7.42. The number of likely N-dealkylation sites (N-methyl/N-ethyl adjacent to an activating group) is 1. The molecular weight excluding hydrogens is 412 g/mol. The molecule has 0 aromatic heterocycles. The second kappa shape index (κ2) is 9.43. The van der Waals surface area contributed by atoms with E-state index in [0.29, 0.717) is 11.3 Å². The maximum Gasteiger partial charge on any atom is 0.410 e. The maximum absolute atomic E-state index is 12.9. The van der Waals surface area contributed by atoms with Crippen LogP contribution in [0.2, 0.25) is 0 Å². The highest BCUT2D eigenvalue weighted by atomic mass is 32.2. The van der Waals surface area contributed by atoms with Crippen LogP contribution in [0.3, 0.4) is 0 Å². The van der Waals surface area contributed by atoms with Crippen LogP contribution in [0.5, 0.6) is 0 Å². The Hall–Kier alpha value is -2.67. The van der Waals surface area contributed by atoms with Crippen LogP contribution in [0, 0.1) is 11.8 Å². The van der Waals surface area contributed by atoms with Gasteiger partial charge in [0.05, 0.1) is 0 Å². The van der Waals surface area contributed by atoms with Crippen LogP contribution in [0.15, 0.2) is 11.3 Å². The smallest absolute Gasteiger partial charge is 0.410 e. The lowest BCUT2D eigenvalue weighted by Crippen LogP contribution is -2.71. The zero-order valence-electron chi connectivity index (χ0n) is 17.9. The zero-order valence-corrected chi connectivity index (χ0v) is 18.8. The minimum Gasteiger partial charge on any atom is -0.461 e. The quantitative estimate of drug-likeness (QED) is 0.276. The van der Waals surface area contributed by atoms with Crippen LogP contribution in [0.1, 0.15) is 34.6 Å². The number of esters is 2. The van der Waals surface area contributed by atoms with Gasteiger partial charge in [0.2, 0.25) is 0 Å². The van der Waals surface area contributed by atoms with Crippen LogP contribution in [0.25, 0.3) is 0 Å². The number of hydrogen-bond donors (Lipinski definition) is 0. The number of amides is 2. The molecule has 1 fully saturated rings. The molecule has 0 bridgehead atoms. The lowest BCUT2D eigenvalue weighted by Gasteiger charge is -2.52. The van der Waals surface area contributed by atoms with E-state index in [-0.39, 0.29) is 18.9 Å². The summed E-state index contributed by atoms with van der Waals surface area (Å²) in [5.41, 5.74) is -0.200. The van der Waals surface area contributed by atoms with E-state index in [1.54, 1.807) is 27.7 Å². The second-order valence-corrected chi connectivity index (χ2v) is 8.79. The molecule has 30 heavy (non-hydrogen) atoms. The van der Waals surface area contributed by atoms with E-state index in [1.807, 2.05) is 0 Å². The van der Waals surface area contributed by atoms with Gasteiger partial charge in [0, 0.05) is 25.3 Å². The molecule has 0 aromatic rings. The van der Waals surface area contributed by atoms with Gasteiger partial charge in [-0.15, -0.1) is 17.7 Å². The number of rotatable bonds is 5. The molecule has 164 valence electrons. The Morgan fingerprint density at radius 2 is 1.93 bits per heavy atom. The van der Waals surface area contributed by atoms with Gasteiger partial charge in [0.15, 0.2) is 6.61 Å². The number of thioether (sulfide) groups is 1. The van der Waals surface area contributed by atoms with Gasteiger partial charge in [-0.2, -0.15) is 0 Å². The molecule has 0 spiro atoms. The maximum atomic E-state index is 12.9. The van der Waals surface area contributed by atoms with Gasteiger partial charge >= 0.3 is 18.0 Å². The van der Waals surface area contributed by atoms with E-state index in [4.69, 9.17) is 14.2 Å². The molecule has 2 atom stereocenters. The minimum atomic E-state index is -0.779. The first kappa shape index (κ1) is 23.6. The minimum absolute atomic E-state index is 0.0386. The Morgan fingerprint density at radius 3 is 2.50 bits per heavy atom. The summed E-state index contributed by atoms with van der Waals surface area (Å²) in [6.07, 6.45) is -0.627. The van der Waals surface area contributed by atoms with E-state index in [0.717, 1.165) is 0 Å². The molecule has 0 aliphatic carbocycles. The first-order valence-corrected chi connectivity index (χ1v) is 10.4. The van der Waals surface area contributed by atoms with Crippen LogP contribution in [-0.2, 0) is 28.6 Å². The van der Waals surface area contributed by atoms with Gasteiger partial charge in [-0.25, -0.2) is 9.59 Å². The van der Waals surface area contributed by atoms with Crippen molar-refractivity contribution in [1.29, 1.82) is 0 Å². The highest BCUT2D eigenvalue weighted by Crippen LogP contribution is 2.42. The molecular formula is C20H26N2O7S. The molecule has 0 aromatic carbocycles. The third-order valence-electron chi connectivity index (χ3n) is 4.21. The summed E-state index contributed by atoms with van der Waals surface area (Å²) >= 11 is 1.37. The van der Waals surface area contributed by atoms with Gasteiger partial charge in [-0.3, -0.25) is 19.4 Å². The highest BCUT2D eigenvalue weighted by molar-refractivity contribution is 8.00. The molecule has 0 radical (unpaired) electrons. The molecule has 2 aliphatic heterocycles. The van der Waals surface area contributed by atoms with Crippen LogP contribution in [0.4, 0.5) is 4.79 Å². The lowest BCUT2D eigenvalue weighted by atomic mass is 10.0. The monoisotopic (exact) mass is 438 g/mol. The molecule has 0 N–H and O–H groups in total. The van der Waals surface area contributed by atoms with Crippen molar-refractivity contribution in [3.63, 3.8) is 0 Å². The number of β-lactam (4-membered cyclic amide) rings is 1. The number of fused-ring (bicyclic) bond motifs is 1. The third-order valence-corrected chi connectivity index (χ3v) is 5.54. The Labute approximate surface area is 180 Å². The lowest BCUT2D eigenvalue weighted by molar-refractivity contribution is -0.155. The van der Waals surface area contributed by atoms with Crippen molar-refractivity contribution >= 4 is 35.7 Å². The average Bonchev–Trinajstić information content (AvgIpc) is 2.64. The molecule has 0 unspecified atom stereocenters. The van der Waals surface area contributed by atoms with Crippen molar-refractivity contribution in [2.45, 2.75) is 51.6 Å². The third kappa shape index (κ3) is 5.27. The first-order valence-electron chi connectivity index (χ1n) is 9.30. The zero-order chi connectivity index (χ0) is 22.6. The number of hydrogen-bond acceptors (Lipinski definition) is 8. The fourth-order valence-electron chi connectivity index (χ4n) is 2.86. The summed E-state index contributed by atoms with van der Waals surface area (Å²) in [5.74, 6) is 3.91. The molecule has 2 aliphatic rings. The van der Waals surface area contributed by atoms with Gasteiger partial charge in [0.1, 0.15) is 29.3 Å². The van der Waals surface area contributed by atoms with Crippen molar-refractivity contribution in [3.8, 4) is 11.8 Å². The summed E-state index contributed by atoms with van der Waals surface area (Å²) in [7, 11) is 1.49. The molecule has 1 saturated heterocycles. The largest absolute Gasteiger partial charge is 0.461 e. The van der Waals surface area contributed by atoms with Gasteiger partial charge in [-0.1, -0.05) is 5.92 Å². The number of ether oxygens (including phenoxy) is 3. The molecule has 0 saturated carbocycles. The van der Waals surface area contributed by atoms with E-state index in [9.17, 15) is 19.2 Å². The Bertz CT molecular complexity index is 834. The number of carbonyl (C=O) groups is 4. The Morgan fingerprint density at radius 1 is 1.27 bits per heavy atom. The van der Waals surface area contributed by atoms with Crippen molar-refractivity contribution < 1.29 is 33.4 Å². The SMILES string of the molecule is CC#CCOC(=O)C1=C(COC(C)=O)CS[C@@H]2[C@H](N(C)C(=O)OC(C)(C)C)C(=O)N12. The van der Waals surface area contributed by atoms with E-state index in [1.165, 1.54) is 35.5 Å². The topological polar surface area (TPSA) is 102 Å². The van der Waals surface area contributed by atoms with Crippen molar-refractivity contribution in [2.24, 2.45) is 0 Å². The summed E-state index contributed by atoms with van der Waals surface area (Å²) < 4.78 is 15.5. The van der Waals surface area contributed by atoms with Crippen LogP contribution < -0.4 is 0 Å². The fourth-order valence-corrected chi connectivity index (χ4v) is 4.30. The predicted molar refractivity (Wildman–Crippen MR) is 109 cm³/mol. The van der Waals surface area contributed by atoms with Crippen molar-refractivity contribution in [2.75, 3.05) is 26.0 Å². The van der Waals surface area contributed by atoms with Gasteiger partial charge in [-0.05, 0) is 27.7 Å². The van der Waals surface area contributed by atoms with E-state index in [2.05, 4.69) is 11.8 Å². The van der Waals surface area contributed by atoms with E-state index >= 15 is 0 Å². The summed E-state index contributed by atoms with van der Waals surface area (Å²) in [6.45, 7) is 7.83. The van der Waals surface area contributed by atoms with Gasteiger partial charge in [0.25, 0.3) is 5.91 Å². The Balaban J connectivity index is 2.25. The summed E-state index contributed by atoms with van der Waals surface area (Å²) in [6, 6.07) is -0.779. The second-order valence-electron chi connectivity index (χ2n) is 7.68. The van der Waals surface area contributed by atoms with Crippen molar-refractivity contribution in [1.82, 2.24) is 9.80 Å². The van der Waals surface area contributed by atoms with Crippen molar-refractivity contribution in [3.05, 3.63) is 11.3 Å². The molecule has 2 amide bonds. The predicted octanol–water partition coefficient (Wildman–Crippen LogP) is 1.52. The fraction of sp³-hybridized carbons (Fsp3) is 0.600. The molecule has 2 rings (SSSR count). The number of nitrogens with zero attached hydrogens (tertiary/aromatic N) is 2. The number of carbonyl (C=O) groups excluding carboxylic acids is 4. The normalized spacial score (nSPS) is 20.3. The molecule has 10 heteroatoms.